The van der Waals surface area contributed by atoms with E-state index in [9.17, 15) is 22.4 Å². The van der Waals surface area contributed by atoms with Crippen molar-refractivity contribution in [2.75, 3.05) is 25.5 Å². The number of aromatic nitrogens is 1. The topological polar surface area (TPSA) is 119 Å². The zero-order chi connectivity index (χ0) is 19.3. The number of hydrogen-bond acceptors (Lipinski definition) is 7. The highest BCUT2D eigenvalue weighted by molar-refractivity contribution is 7.89. The Hall–Kier alpha value is -2.79. The number of hydrogen-bond donors (Lipinski definition) is 1. The molecule has 0 aliphatic heterocycles. The zero-order valence-corrected chi connectivity index (χ0v) is 14.7. The van der Waals surface area contributed by atoms with Crippen LogP contribution in [0.1, 0.15) is 5.76 Å². The van der Waals surface area contributed by atoms with Gasteiger partial charge in [-0.3, -0.25) is 9.59 Å². The van der Waals surface area contributed by atoms with Crippen LogP contribution < -0.4 is 5.32 Å². The van der Waals surface area contributed by atoms with Crippen molar-refractivity contribution in [3.8, 4) is 0 Å². The molecular weight excluding hydrogens is 369 g/mol. The number of carbonyl (C=O) groups is 2. The molecule has 2 aromatic rings. The van der Waals surface area contributed by atoms with E-state index in [2.05, 4.69) is 10.5 Å². The lowest BCUT2D eigenvalue weighted by molar-refractivity contribution is -0.147. The quantitative estimate of drug-likeness (QED) is 0.704. The van der Waals surface area contributed by atoms with Crippen LogP contribution in [-0.2, 0) is 24.3 Å². The van der Waals surface area contributed by atoms with Crippen molar-refractivity contribution in [3.05, 3.63) is 41.9 Å². The van der Waals surface area contributed by atoms with Gasteiger partial charge in [-0.25, -0.2) is 12.8 Å². The number of nitrogens with one attached hydrogen (secondary N) is 1. The number of likely N-dealkylation sites (N-methyl/N-ethyl adjacent to an activating group) is 1. The molecule has 11 heteroatoms. The number of aryl methyl sites for hydroxylation is 1. The number of sulfonamides is 1. The monoisotopic (exact) mass is 385 g/mol. The third kappa shape index (κ3) is 5.10. The summed E-state index contributed by atoms with van der Waals surface area (Å²) in [5.74, 6) is -1.51. The van der Waals surface area contributed by atoms with E-state index >= 15 is 0 Å². The SMILES string of the molecule is Cc1cc(NC(=O)COC(=O)CN(C)S(=O)(=O)c2ccc(F)cc2)no1. The average Bonchev–Trinajstić information content (AvgIpc) is 2.98. The molecule has 1 aromatic heterocycles. The van der Waals surface area contributed by atoms with E-state index < -0.39 is 40.9 Å². The van der Waals surface area contributed by atoms with Gasteiger partial charge in [0.1, 0.15) is 18.1 Å². The molecule has 1 amide bonds. The minimum absolute atomic E-state index is 0.166. The van der Waals surface area contributed by atoms with Gasteiger partial charge in [-0.2, -0.15) is 4.31 Å². The third-order valence-electron chi connectivity index (χ3n) is 3.13. The van der Waals surface area contributed by atoms with E-state index in [1.165, 1.54) is 6.07 Å². The normalized spacial score (nSPS) is 11.4. The maximum Gasteiger partial charge on any atom is 0.321 e. The van der Waals surface area contributed by atoms with Crippen LogP contribution in [0.15, 0.2) is 39.8 Å². The van der Waals surface area contributed by atoms with E-state index in [-0.39, 0.29) is 10.7 Å². The van der Waals surface area contributed by atoms with Gasteiger partial charge < -0.3 is 14.6 Å². The number of esters is 1. The standard InChI is InChI=1S/C15H16FN3O6S/c1-10-7-13(18-25-10)17-14(20)9-24-15(21)8-19(2)26(22,23)12-5-3-11(16)4-6-12/h3-7H,8-9H2,1-2H3,(H,17,18,20). The van der Waals surface area contributed by atoms with Crippen molar-refractivity contribution in [3.63, 3.8) is 0 Å². The van der Waals surface area contributed by atoms with E-state index in [1.54, 1.807) is 6.92 Å². The molecule has 0 saturated heterocycles. The first-order valence-corrected chi connectivity index (χ1v) is 8.73. The summed E-state index contributed by atoms with van der Waals surface area (Å²) in [6.45, 7) is 0.408. The lowest BCUT2D eigenvalue weighted by Crippen LogP contribution is -2.34. The molecule has 0 aliphatic rings. The second-order valence-corrected chi connectivity index (χ2v) is 7.29. The molecule has 0 saturated carbocycles. The Morgan fingerprint density at radius 3 is 2.54 bits per heavy atom. The number of benzene rings is 1. The van der Waals surface area contributed by atoms with Crippen LogP contribution in [-0.4, -0.2) is 50.0 Å². The van der Waals surface area contributed by atoms with E-state index in [0.717, 1.165) is 35.6 Å². The molecule has 0 unspecified atom stereocenters. The van der Waals surface area contributed by atoms with Crippen LogP contribution in [0.3, 0.4) is 0 Å². The van der Waals surface area contributed by atoms with Crippen molar-refractivity contribution in [1.29, 1.82) is 0 Å². The number of anilines is 1. The van der Waals surface area contributed by atoms with Gasteiger partial charge >= 0.3 is 5.97 Å². The Labute approximate surface area is 148 Å². The van der Waals surface area contributed by atoms with E-state index in [4.69, 9.17) is 9.26 Å². The summed E-state index contributed by atoms with van der Waals surface area (Å²) in [5, 5.41) is 5.89. The van der Waals surface area contributed by atoms with Gasteiger partial charge in [-0.1, -0.05) is 5.16 Å². The number of rotatable bonds is 7. The maximum atomic E-state index is 12.9. The first-order valence-electron chi connectivity index (χ1n) is 7.29. The molecular formula is C15H16FN3O6S. The predicted octanol–water partition coefficient (Wildman–Crippen LogP) is 0.925. The molecule has 9 nitrogen and oxygen atoms in total. The molecule has 0 bridgehead atoms. The highest BCUT2D eigenvalue weighted by atomic mass is 32.2. The Bertz CT molecular complexity index is 894. The first kappa shape index (κ1) is 19.5. The van der Waals surface area contributed by atoms with Gasteiger partial charge in [-0.15, -0.1) is 0 Å². The fourth-order valence-corrected chi connectivity index (χ4v) is 2.96. The number of halogens is 1. The molecule has 0 atom stereocenters. The summed E-state index contributed by atoms with van der Waals surface area (Å²) < 4.78 is 47.6. The number of ether oxygens (including phenoxy) is 1. The molecule has 0 radical (unpaired) electrons. The molecule has 1 N–H and O–H groups in total. The van der Waals surface area contributed by atoms with Crippen LogP contribution in [0, 0.1) is 12.7 Å². The van der Waals surface area contributed by atoms with Crippen molar-refractivity contribution in [2.45, 2.75) is 11.8 Å². The lowest BCUT2D eigenvalue weighted by atomic mass is 10.4. The summed E-state index contributed by atoms with van der Waals surface area (Å²) in [6.07, 6.45) is 0. The smallest absolute Gasteiger partial charge is 0.321 e. The van der Waals surface area contributed by atoms with Crippen LogP contribution in [0.2, 0.25) is 0 Å². The minimum atomic E-state index is -3.99. The summed E-state index contributed by atoms with van der Waals surface area (Å²) in [5.41, 5.74) is 0. The van der Waals surface area contributed by atoms with Gasteiger partial charge in [0.25, 0.3) is 5.91 Å². The van der Waals surface area contributed by atoms with Crippen LogP contribution >= 0.6 is 0 Å². The summed E-state index contributed by atoms with van der Waals surface area (Å²) >= 11 is 0. The Balaban J connectivity index is 1.86. The highest BCUT2D eigenvalue weighted by Crippen LogP contribution is 2.14. The molecule has 0 fully saturated rings. The third-order valence-corrected chi connectivity index (χ3v) is 4.95. The summed E-state index contributed by atoms with van der Waals surface area (Å²) in [6, 6.07) is 5.63. The van der Waals surface area contributed by atoms with Crippen LogP contribution in [0.4, 0.5) is 10.2 Å². The van der Waals surface area contributed by atoms with Crippen molar-refractivity contribution in [1.82, 2.24) is 9.46 Å². The molecule has 26 heavy (non-hydrogen) atoms. The Morgan fingerprint density at radius 1 is 1.31 bits per heavy atom. The Morgan fingerprint density at radius 2 is 1.96 bits per heavy atom. The van der Waals surface area contributed by atoms with Crippen LogP contribution in [0.25, 0.3) is 0 Å². The largest absolute Gasteiger partial charge is 0.455 e. The maximum absolute atomic E-state index is 12.9. The Kier molecular flexibility index (Phi) is 6.05. The fourth-order valence-electron chi connectivity index (χ4n) is 1.85. The lowest BCUT2D eigenvalue weighted by Gasteiger charge is -2.16. The fraction of sp³-hybridized carbons (Fsp3) is 0.267. The second kappa shape index (κ2) is 8.06. The molecule has 1 heterocycles. The minimum Gasteiger partial charge on any atom is -0.455 e. The predicted molar refractivity (Wildman–Crippen MR) is 87.0 cm³/mol. The van der Waals surface area contributed by atoms with Gasteiger partial charge in [-0.05, 0) is 31.2 Å². The second-order valence-electron chi connectivity index (χ2n) is 5.25. The van der Waals surface area contributed by atoms with Gasteiger partial charge in [0, 0.05) is 13.1 Å². The first-order chi connectivity index (χ1) is 12.2. The molecule has 140 valence electrons. The van der Waals surface area contributed by atoms with Crippen LogP contribution in [0.5, 0.6) is 0 Å². The van der Waals surface area contributed by atoms with Gasteiger partial charge in [0.2, 0.25) is 10.0 Å². The highest BCUT2D eigenvalue weighted by Gasteiger charge is 2.24. The van der Waals surface area contributed by atoms with E-state index in [0.29, 0.717) is 5.76 Å². The average molecular weight is 385 g/mol. The molecule has 0 spiro atoms. The van der Waals surface area contributed by atoms with Crippen molar-refractivity contribution >= 4 is 27.7 Å². The zero-order valence-electron chi connectivity index (χ0n) is 13.9. The number of carbonyl (C=O) groups excluding carboxylic acids is 2. The molecule has 0 aliphatic carbocycles. The van der Waals surface area contributed by atoms with Gasteiger partial charge in [0.05, 0.1) is 4.90 Å². The van der Waals surface area contributed by atoms with Gasteiger partial charge in [0.15, 0.2) is 12.4 Å². The van der Waals surface area contributed by atoms with E-state index in [1.807, 2.05) is 0 Å². The number of amides is 1. The van der Waals surface area contributed by atoms with Crippen molar-refractivity contribution < 1.29 is 31.7 Å². The number of nitrogens with zero attached hydrogens (tertiary/aromatic N) is 2. The summed E-state index contributed by atoms with van der Waals surface area (Å²) in [7, 11) is -2.83. The molecule has 1 aromatic carbocycles. The molecule has 2 rings (SSSR count). The summed E-state index contributed by atoms with van der Waals surface area (Å²) in [4.78, 5) is 23.2. The van der Waals surface area contributed by atoms with Crippen molar-refractivity contribution in [2.24, 2.45) is 0 Å².